The van der Waals surface area contributed by atoms with Crippen LogP contribution in [0.5, 0.6) is 11.6 Å². The number of hydrogen-bond acceptors (Lipinski definition) is 3. The summed E-state index contributed by atoms with van der Waals surface area (Å²) in [5, 5.41) is 9.12. The minimum Gasteiger partial charge on any atom is -0.437 e. The van der Waals surface area contributed by atoms with Gasteiger partial charge in [0.05, 0.1) is 11.6 Å². The zero-order valence-corrected chi connectivity index (χ0v) is 10.5. The van der Waals surface area contributed by atoms with Gasteiger partial charge in [-0.2, -0.15) is 0 Å². The first-order chi connectivity index (χ1) is 8.60. The standard InChI is InChI=1S/C12H8Cl2FNO2/c13-9-4-8(1-2-11(9)15)18-12-10(14)3-7(6-17)5-16-12/h1-5,17H,6H2. The van der Waals surface area contributed by atoms with Crippen molar-refractivity contribution in [1.82, 2.24) is 4.98 Å². The van der Waals surface area contributed by atoms with Crippen molar-refractivity contribution in [3.05, 3.63) is 51.9 Å². The third kappa shape index (κ3) is 2.90. The van der Waals surface area contributed by atoms with Crippen molar-refractivity contribution in [2.24, 2.45) is 0 Å². The number of rotatable bonds is 3. The number of ether oxygens (including phenoxy) is 1. The first-order valence-corrected chi connectivity index (χ1v) is 5.74. The van der Waals surface area contributed by atoms with Crippen molar-refractivity contribution in [1.29, 1.82) is 0 Å². The summed E-state index contributed by atoms with van der Waals surface area (Å²) in [7, 11) is 0. The summed E-state index contributed by atoms with van der Waals surface area (Å²) >= 11 is 11.5. The highest BCUT2D eigenvalue weighted by Gasteiger charge is 2.08. The van der Waals surface area contributed by atoms with Crippen LogP contribution >= 0.6 is 23.2 Å². The third-order valence-corrected chi connectivity index (χ3v) is 2.71. The number of aliphatic hydroxyl groups excluding tert-OH is 1. The molecule has 0 aliphatic carbocycles. The lowest BCUT2D eigenvalue weighted by Crippen LogP contribution is -1.92. The van der Waals surface area contributed by atoms with Crippen molar-refractivity contribution in [3.63, 3.8) is 0 Å². The molecule has 0 unspecified atom stereocenters. The highest BCUT2D eigenvalue weighted by Crippen LogP contribution is 2.29. The lowest BCUT2D eigenvalue weighted by atomic mass is 10.3. The van der Waals surface area contributed by atoms with E-state index in [1.807, 2.05) is 0 Å². The van der Waals surface area contributed by atoms with E-state index in [4.69, 9.17) is 33.0 Å². The van der Waals surface area contributed by atoms with Gasteiger partial charge < -0.3 is 9.84 Å². The molecule has 0 bridgehead atoms. The van der Waals surface area contributed by atoms with Crippen LogP contribution in [-0.4, -0.2) is 10.1 Å². The second-order valence-corrected chi connectivity index (χ2v) is 4.28. The molecular weight excluding hydrogens is 280 g/mol. The molecule has 0 spiro atoms. The summed E-state index contributed by atoms with van der Waals surface area (Å²) in [4.78, 5) is 3.95. The molecule has 0 radical (unpaired) electrons. The van der Waals surface area contributed by atoms with Crippen LogP contribution in [0.25, 0.3) is 0 Å². The third-order valence-electron chi connectivity index (χ3n) is 2.15. The Morgan fingerprint density at radius 3 is 2.61 bits per heavy atom. The van der Waals surface area contributed by atoms with Crippen molar-refractivity contribution in [2.75, 3.05) is 0 Å². The van der Waals surface area contributed by atoms with Crippen LogP contribution in [0.1, 0.15) is 5.56 Å². The fourth-order valence-corrected chi connectivity index (χ4v) is 1.68. The van der Waals surface area contributed by atoms with E-state index in [1.54, 1.807) is 0 Å². The van der Waals surface area contributed by atoms with E-state index in [0.29, 0.717) is 11.3 Å². The van der Waals surface area contributed by atoms with E-state index in [1.165, 1.54) is 30.5 Å². The lowest BCUT2D eigenvalue weighted by Gasteiger charge is -2.07. The molecule has 0 saturated carbocycles. The average molecular weight is 288 g/mol. The summed E-state index contributed by atoms with van der Waals surface area (Å²) < 4.78 is 18.3. The second-order valence-electron chi connectivity index (χ2n) is 3.47. The maximum atomic E-state index is 13.0. The van der Waals surface area contributed by atoms with E-state index < -0.39 is 5.82 Å². The van der Waals surface area contributed by atoms with Crippen LogP contribution in [0.15, 0.2) is 30.5 Å². The van der Waals surface area contributed by atoms with Crippen LogP contribution in [0.2, 0.25) is 10.0 Å². The Morgan fingerprint density at radius 2 is 2.00 bits per heavy atom. The van der Waals surface area contributed by atoms with E-state index in [2.05, 4.69) is 4.98 Å². The average Bonchev–Trinajstić information content (AvgIpc) is 2.36. The molecule has 94 valence electrons. The van der Waals surface area contributed by atoms with Crippen LogP contribution in [0.4, 0.5) is 4.39 Å². The minimum atomic E-state index is -0.529. The molecule has 2 aromatic rings. The summed E-state index contributed by atoms with van der Waals surface area (Å²) in [5.74, 6) is -0.0391. The maximum absolute atomic E-state index is 13.0. The van der Waals surface area contributed by atoms with Crippen LogP contribution < -0.4 is 4.74 Å². The van der Waals surface area contributed by atoms with Gasteiger partial charge in [0.25, 0.3) is 0 Å². The van der Waals surface area contributed by atoms with Gasteiger partial charge in [0.1, 0.15) is 16.6 Å². The number of hydrogen-bond donors (Lipinski definition) is 1. The molecule has 0 aliphatic rings. The largest absolute Gasteiger partial charge is 0.437 e. The van der Waals surface area contributed by atoms with Crippen LogP contribution in [0, 0.1) is 5.82 Å². The van der Waals surface area contributed by atoms with Gasteiger partial charge in [0.2, 0.25) is 5.88 Å². The van der Waals surface area contributed by atoms with Gasteiger partial charge in [-0.1, -0.05) is 23.2 Å². The van der Waals surface area contributed by atoms with Crippen LogP contribution in [0.3, 0.4) is 0 Å². The highest BCUT2D eigenvalue weighted by molar-refractivity contribution is 6.32. The quantitative estimate of drug-likeness (QED) is 0.933. The fourth-order valence-electron chi connectivity index (χ4n) is 1.28. The zero-order valence-electron chi connectivity index (χ0n) is 9.03. The first kappa shape index (κ1) is 13.1. The normalized spacial score (nSPS) is 10.4. The molecule has 2 rings (SSSR count). The van der Waals surface area contributed by atoms with Crippen molar-refractivity contribution in [3.8, 4) is 11.6 Å². The van der Waals surface area contributed by atoms with Gasteiger partial charge in [-0.05, 0) is 23.8 Å². The molecule has 0 atom stereocenters. The molecular formula is C12H8Cl2FNO2. The number of aromatic nitrogens is 1. The van der Waals surface area contributed by atoms with Gasteiger partial charge >= 0.3 is 0 Å². The predicted octanol–water partition coefficient (Wildman–Crippen LogP) is 3.81. The van der Waals surface area contributed by atoms with E-state index in [0.717, 1.165) is 0 Å². The molecule has 1 aromatic carbocycles. The van der Waals surface area contributed by atoms with Gasteiger partial charge in [-0.15, -0.1) is 0 Å². The number of halogens is 3. The molecule has 0 saturated heterocycles. The summed E-state index contributed by atoms with van der Waals surface area (Å²) in [5.41, 5.74) is 0.574. The fraction of sp³-hybridized carbons (Fsp3) is 0.0833. The molecule has 0 fully saturated rings. The molecule has 6 heteroatoms. The highest BCUT2D eigenvalue weighted by atomic mass is 35.5. The number of nitrogens with zero attached hydrogens (tertiary/aromatic N) is 1. The molecule has 1 aromatic heterocycles. The van der Waals surface area contributed by atoms with Gasteiger partial charge in [0, 0.05) is 12.3 Å². The topological polar surface area (TPSA) is 42.4 Å². The molecule has 1 heterocycles. The molecule has 1 N–H and O–H groups in total. The second kappa shape index (κ2) is 5.52. The Hall–Kier alpha value is -1.36. The smallest absolute Gasteiger partial charge is 0.238 e. The monoisotopic (exact) mass is 287 g/mol. The molecule has 0 amide bonds. The molecule has 3 nitrogen and oxygen atoms in total. The Morgan fingerprint density at radius 1 is 1.22 bits per heavy atom. The lowest BCUT2D eigenvalue weighted by molar-refractivity contribution is 0.281. The SMILES string of the molecule is OCc1cnc(Oc2ccc(F)c(Cl)c2)c(Cl)c1. The summed E-state index contributed by atoms with van der Waals surface area (Å²) in [6.07, 6.45) is 1.44. The zero-order chi connectivity index (χ0) is 13.1. The van der Waals surface area contributed by atoms with E-state index >= 15 is 0 Å². The van der Waals surface area contributed by atoms with Crippen LogP contribution in [-0.2, 0) is 6.61 Å². The van der Waals surface area contributed by atoms with Crippen molar-refractivity contribution < 1.29 is 14.2 Å². The number of pyridine rings is 1. The summed E-state index contributed by atoms with van der Waals surface area (Å²) in [6, 6.07) is 5.47. The molecule has 0 aliphatic heterocycles. The first-order valence-electron chi connectivity index (χ1n) is 4.98. The van der Waals surface area contributed by atoms with Gasteiger partial charge in [0.15, 0.2) is 0 Å². The van der Waals surface area contributed by atoms with Crippen molar-refractivity contribution >= 4 is 23.2 Å². The minimum absolute atomic E-state index is 0.0457. The van der Waals surface area contributed by atoms with E-state index in [-0.39, 0.29) is 22.5 Å². The van der Waals surface area contributed by atoms with Gasteiger partial charge in [-0.25, -0.2) is 9.37 Å². The Bertz CT molecular complexity index is 578. The van der Waals surface area contributed by atoms with Gasteiger partial charge in [-0.3, -0.25) is 0 Å². The molecule has 18 heavy (non-hydrogen) atoms. The Kier molecular flexibility index (Phi) is 4.01. The predicted molar refractivity (Wildman–Crippen MR) is 66.7 cm³/mol. The van der Waals surface area contributed by atoms with Crippen molar-refractivity contribution in [2.45, 2.75) is 6.61 Å². The Balaban J connectivity index is 2.25. The summed E-state index contributed by atoms with van der Waals surface area (Å²) in [6.45, 7) is -0.157. The maximum Gasteiger partial charge on any atom is 0.238 e. The number of aliphatic hydroxyl groups is 1. The Labute approximate surface area is 113 Å². The van der Waals surface area contributed by atoms with E-state index in [9.17, 15) is 4.39 Å². The number of benzene rings is 1.